The highest BCUT2D eigenvalue weighted by Crippen LogP contribution is 2.44. The van der Waals surface area contributed by atoms with Gasteiger partial charge in [0.05, 0.1) is 17.4 Å². The monoisotopic (exact) mass is 404 g/mol. The van der Waals surface area contributed by atoms with Gasteiger partial charge in [-0.1, -0.05) is 74.0 Å². The molecular formula is C26H32N2O2. The van der Waals surface area contributed by atoms with Crippen molar-refractivity contribution in [3.8, 4) is 6.07 Å². The Bertz CT molecular complexity index is 838. The molecule has 2 aromatic rings. The molecule has 0 bridgehead atoms. The van der Waals surface area contributed by atoms with Crippen LogP contribution in [0.2, 0.25) is 0 Å². The van der Waals surface area contributed by atoms with Gasteiger partial charge in [-0.25, -0.2) is 0 Å². The van der Waals surface area contributed by atoms with Crippen molar-refractivity contribution in [3.63, 3.8) is 0 Å². The highest BCUT2D eigenvalue weighted by atomic mass is 16.4. The molecule has 1 aliphatic rings. The summed E-state index contributed by atoms with van der Waals surface area (Å²) in [4.78, 5) is 14.4. The van der Waals surface area contributed by atoms with Crippen molar-refractivity contribution >= 4 is 5.97 Å². The van der Waals surface area contributed by atoms with E-state index in [0.29, 0.717) is 12.8 Å². The van der Waals surface area contributed by atoms with E-state index in [0.717, 1.165) is 44.5 Å². The van der Waals surface area contributed by atoms with Gasteiger partial charge >= 0.3 is 5.97 Å². The van der Waals surface area contributed by atoms with Gasteiger partial charge in [-0.05, 0) is 55.8 Å². The zero-order chi connectivity index (χ0) is 21.4. The predicted molar refractivity (Wildman–Crippen MR) is 119 cm³/mol. The summed E-state index contributed by atoms with van der Waals surface area (Å²) in [5.74, 6) is -1.11. The molecule has 1 aliphatic heterocycles. The highest BCUT2D eigenvalue weighted by Gasteiger charge is 2.44. The third-order valence-electron chi connectivity index (χ3n) is 6.58. The maximum absolute atomic E-state index is 11.9. The topological polar surface area (TPSA) is 64.3 Å². The van der Waals surface area contributed by atoms with E-state index >= 15 is 0 Å². The number of carboxylic acid groups (broad SMARTS) is 1. The molecule has 0 amide bonds. The molecule has 1 heterocycles. The molecule has 2 aromatic carbocycles. The Morgan fingerprint density at radius 1 is 1.13 bits per heavy atom. The minimum Gasteiger partial charge on any atom is -0.481 e. The van der Waals surface area contributed by atoms with Crippen LogP contribution in [-0.2, 0) is 16.8 Å². The third-order valence-corrected chi connectivity index (χ3v) is 6.58. The fourth-order valence-electron chi connectivity index (χ4n) is 4.93. The van der Waals surface area contributed by atoms with Crippen molar-refractivity contribution in [2.75, 3.05) is 13.1 Å². The summed E-state index contributed by atoms with van der Waals surface area (Å²) >= 11 is 0. The molecule has 2 atom stereocenters. The van der Waals surface area contributed by atoms with Crippen LogP contribution >= 0.6 is 0 Å². The molecule has 1 fully saturated rings. The molecule has 0 spiro atoms. The first kappa shape index (κ1) is 22.1. The molecule has 0 saturated carbocycles. The minimum absolute atomic E-state index is 0.163. The molecule has 0 radical (unpaired) electrons. The predicted octanol–water partition coefficient (Wildman–Crippen LogP) is 5.25. The molecule has 1 saturated heterocycles. The van der Waals surface area contributed by atoms with E-state index in [2.05, 4.69) is 35.2 Å². The van der Waals surface area contributed by atoms with E-state index in [1.165, 1.54) is 5.56 Å². The second kappa shape index (κ2) is 10.4. The smallest absolute Gasteiger partial charge is 0.306 e. The van der Waals surface area contributed by atoms with Crippen LogP contribution in [0.1, 0.15) is 50.2 Å². The van der Waals surface area contributed by atoms with Gasteiger partial charge in [-0.2, -0.15) is 5.26 Å². The SMILES string of the molecule is CCCC(CC(C#N)(c1ccccc1)C1CCN(Cc2ccccc2)CC1)C(=O)O. The Labute approximate surface area is 180 Å². The minimum atomic E-state index is -0.783. The number of carbonyl (C=O) groups is 1. The van der Waals surface area contributed by atoms with Crippen molar-refractivity contribution in [1.29, 1.82) is 5.26 Å². The van der Waals surface area contributed by atoms with Gasteiger partial charge in [0, 0.05) is 6.54 Å². The van der Waals surface area contributed by atoms with Gasteiger partial charge in [-0.3, -0.25) is 9.69 Å². The maximum Gasteiger partial charge on any atom is 0.306 e. The summed E-state index contributed by atoms with van der Waals surface area (Å²) in [6.45, 7) is 4.79. The second-order valence-electron chi connectivity index (χ2n) is 8.51. The van der Waals surface area contributed by atoms with Crippen molar-refractivity contribution in [2.24, 2.45) is 11.8 Å². The average Bonchev–Trinajstić information content (AvgIpc) is 2.78. The van der Waals surface area contributed by atoms with Crippen molar-refractivity contribution in [3.05, 3.63) is 71.8 Å². The lowest BCUT2D eigenvalue weighted by Crippen LogP contribution is -2.44. The van der Waals surface area contributed by atoms with Crippen molar-refractivity contribution in [2.45, 2.75) is 51.0 Å². The van der Waals surface area contributed by atoms with Crippen LogP contribution < -0.4 is 0 Å². The maximum atomic E-state index is 11.9. The highest BCUT2D eigenvalue weighted by molar-refractivity contribution is 5.70. The molecule has 0 aromatic heterocycles. The number of hydrogen-bond donors (Lipinski definition) is 1. The summed E-state index contributed by atoms with van der Waals surface area (Å²) in [7, 11) is 0. The van der Waals surface area contributed by atoms with Crippen molar-refractivity contribution in [1.82, 2.24) is 4.90 Å². The van der Waals surface area contributed by atoms with Crippen LogP contribution in [0.3, 0.4) is 0 Å². The Balaban J connectivity index is 1.81. The lowest BCUT2D eigenvalue weighted by molar-refractivity contribution is -0.142. The van der Waals surface area contributed by atoms with E-state index in [-0.39, 0.29) is 5.92 Å². The van der Waals surface area contributed by atoms with E-state index < -0.39 is 17.3 Å². The summed E-state index contributed by atoms with van der Waals surface area (Å²) in [6.07, 6.45) is 3.63. The number of aliphatic carboxylic acids is 1. The number of likely N-dealkylation sites (tertiary alicyclic amines) is 1. The number of hydrogen-bond acceptors (Lipinski definition) is 3. The van der Waals surface area contributed by atoms with Crippen molar-refractivity contribution < 1.29 is 9.90 Å². The normalized spacial score (nSPS) is 18.3. The van der Waals surface area contributed by atoms with Gasteiger partial charge in [0.1, 0.15) is 0 Å². The van der Waals surface area contributed by atoms with Gasteiger partial charge in [-0.15, -0.1) is 0 Å². The molecule has 30 heavy (non-hydrogen) atoms. The fourth-order valence-corrected chi connectivity index (χ4v) is 4.93. The molecule has 2 unspecified atom stereocenters. The van der Waals surface area contributed by atoms with Gasteiger partial charge in [0.15, 0.2) is 0 Å². The quantitative estimate of drug-likeness (QED) is 0.620. The van der Waals surface area contributed by atoms with Crippen LogP contribution in [-0.4, -0.2) is 29.1 Å². The molecule has 0 aliphatic carbocycles. The van der Waals surface area contributed by atoms with Gasteiger partial charge in [0.25, 0.3) is 0 Å². The Morgan fingerprint density at radius 3 is 2.27 bits per heavy atom. The lowest BCUT2D eigenvalue weighted by atomic mass is 9.63. The van der Waals surface area contributed by atoms with Crippen LogP contribution in [0.15, 0.2) is 60.7 Å². The van der Waals surface area contributed by atoms with E-state index in [1.54, 1.807) is 0 Å². The van der Waals surface area contributed by atoms with E-state index in [9.17, 15) is 15.2 Å². The largest absolute Gasteiger partial charge is 0.481 e. The number of nitrogens with zero attached hydrogens (tertiary/aromatic N) is 2. The molecule has 1 N–H and O–H groups in total. The molecule has 3 rings (SSSR count). The average molecular weight is 405 g/mol. The molecular weight excluding hydrogens is 372 g/mol. The summed E-state index contributed by atoms with van der Waals surface area (Å²) in [5.41, 5.74) is 1.52. The van der Waals surface area contributed by atoms with Gasteiger partial charge < -0.3 is 5.11 Å². The van der Waals surface area contributed by atoms with E-state index in [1.807, 2.05) is 43.3 Å². The molecule has 158 valence electrons. The van der Waals surface area contributed by atoms with Crippen LogP contribution in [0.25, 0.3) is 0 Å². The summed E-state index contributed by atoms with van der Waals surface area (Å²) in [5, 5.41) is 20.2. The number of rotatable bonds is 9. The first-order valence-electron chi connectivity index (χ1n) is 11.0. The van der Waals surface area contributed by atoms with E-state index in [4.69, 9.17) is 0 Å². The third kappa shape index (κ3) is 5.09. The second-order valence-corrected chi connectivity index (χ2v) is 8.51. The number of nitriles is 1. The molecule has 4 nitrogen and oxygen atoms in total. The zero-order valence-corrected chi connectivity index (χ0v) is 17.8. The number of carboxylic acids is 1. The zero-order valence-electron chi connectivity index (χ0n) is 17.8. The van der Waals surface area contributed by atoms with Gasteiger partial charge in [0.2, 0.25) is 0 Å². The Morgan fingerprint density at radius 2 is 1.73 bits per heavy atom. The number of piperidine rings is 1. The fraction of sp³-hybridized carbons (Fsp3) is 0.462. The Kier molecular flexibility index (Phi) is 7.65. The Hall–Kier alpha value is -2.64. The standard InChI is InChI=1S/C26H32N2O2/c1-2-9-22(25(29)30)18-26(20-27,23-12-7-4-8-13-23)24-14-16-28(17-15-24)19-21-10-5-3-6-11-21/h3-8,10-13,22,24H,2,9,14-19H2,1H3,(H,29,30). The van der Waals surface area contributed by atoms with Crippen LogP contribution in [0.4, 0.5) is 0 Å². The molecule has 4 heteroatoms. The first-order chi connectivity index (χ1) is 14.6. The van der Waals surface area contributed by atoms with Crippen LogP contribution in [0.5, 0.6) is 0 Å². The summed E-state index contributed by atoms with van der Waals surface area (Å²) in [6, 6.07) is 23.0. The lowest BCUT2D eigenvalue weighted by Gasteiger charge is -2.42. The first-order valence-corrected chi connectivity index (χ1v) is 11.0. The summed E-state index contributed by atoms with van der Waals surface area (Å²) < 4.78 is 0. The van der Waals surface area contributed by atoms with Crippen LogP contribution in [0, 0.1) is 23.2 Å². The number of benzene rings is 2.